The maximum absolute atomic E-state index is 10.6. The minimum atomic E-state index is -0.560. The lowest BCUT2D eigenvalue weighted by Crippen LogP contribution is -2.16. The third-order valence-electron chi connectivity index (χ3n) is 1.96. The summed E-state index contributed by atoms with van der Waals surface area (Å²) in [6.45, 7) is 1.46. The summed E-state index contributed by atoms with van der Waals surface area (Å²) in [6.07, 6.45) is 2.91. The zero-order valence-electron chi connectivity index (χ0n) is 10.2. The number of hydrogen-bond acceptors (Lipinski definition) is 6. The Bertz CT molecular complexity index is 507. The highest BCUT2D eigenvalue weighted by Gasteiger charge is 2.05. The predicted molar refractivity (Wildman–Crippen MR) is 60.5 cm³/mol. The van der Waals surface area contributed by atoms with Crippen molar-refractivity contribution in [1.29, 1.82) is 0 Å². The molecular weight excluding hydrogens is 238 g/mol. The van der Waals surface area contributed by atoms with E-state index in [0.717, 1.165) is 0 Å². The number of hydrogen-bond donors (Lipinski definition) is 1. The number of rotatable bonds is 2. The molecule has 0 aliphatic carbocycles. The molecule has 0 aliphatic heterocycles. The lowest BCUT2D eigenvalue weighted by atomic mass is 10.4. The third-order valence-corrected chi connectivity index (χ3v) is 1.96. The van der Waals surface area contributed by atoms with Crippen molar-refractivity contribution in [2.75, 3.05) is 0 Å². The number of primary amides is 1. The van der Waals surface area contributed by atoms with Crippen molar-refractivity contribution in [3.63, 3.8) is 0 Å². The number of aromatic nitrogens is 6. The summed E-state index contributed by atoms with van der Waals surface area (Å²) in [5.41, 5.74) is 4.90. The van der Waals surface area contributed by atoms with Gasteiger partial charge in [0.1, 0.15) is 12.7 Å². The van der Waals surface area contributed by atoms with Gasteiger partial charge in [-0.05, 0) is 0 Å². The fourth-order valence-electron chi connectivity index (χ4n) is 1.11. The first-order valence-electron chi connectivity index (χ1n) is 4.92. The summed E-state index contributed by atoms with van der Waals surface area (Å²) in [7, 11) is 3.39. The van der Waals surface area contributed by atoms with Crippen LogP contribution in [-0.4, -0.2) is 41.2 Å². The van der Waals surface area contributed by atoms with Crippen molar-refractivity contribution >= 4 is 11.7 Å². The van der Waals surface area contributed by atoms with Crippen LogP contribution >= 0.6 is 0 Å². The number of nitrogens with zero attached hydrogens (tertiary/aromatic N) is 6. The zero-order chi connectivity index (χ0) is 13.7. The first kappa shape index (κ1) is 13.5. The number of nitrogens with two attached hydrogens (primary N) is 1. The third kappa shape index (κ3) is 3.20. The molecule has 9 nitrogen and oxygen atoms in total. The molecule has 0 spiro atoms. The Morgan fingerprint density at radius 1 is 1.06 bits per heavy atom. The van der Waals surface area contributed by atoms with Gasteiger partial charge in [-0.2, -0.15) is 0 Å². The standard InChI is InChI=1S/C5H7N3O.C4H6N4O/c1-4(9)5-7-6-3-8(5)2;1-8-2-6-7-4(8)3(5)9/h3H,1-2H3;2H,1H3,(H2,5,9). The zero-order valence-corrected chi connectivity index (χ0v) is 10.2. The molecule has 0 saturated carbocycles. The van der Waals surface area contributed by atoms with Crippen molar-refractivity contribution in [2.45, 2.75) is 6.92 Å². The normalized spacial score (nSPS) is 9.50. The molecule has 96 valence electrons. The van der Waals surface area contributed by atoms with E-state index in [1.54, 1.807) is 18.7 Å². The molecule has 9 heteroatoms. The van der Waals surface area contributed by atoms with E-state index in [1.807, 2.05) is 0 Å². The smallest absolute Gasteiger partial charge is 0.286 e. The Morgan fingerprint density at radius 2 is 1.50 bits per heavy atom. The maximum Gasteiger partial charge on any atom is 0.286 e. The van der Waals surface area contributed by atoms with Gasteiger partial charge >= 0.3 is 0 Å². The first-order chi connectivity index (χ1) is 8.43. The molecule has 0 fully saturated rings. The average Bonchev–Trinajstić information content (AvgIpc) is 2.87. The van der Waals surface area contributed by atoms with Gasteiger partial charge in [-0.25, -0.2) is 0 Å². The van der Waals surface area contributed by atoms with Gasteiger partial charge in [0.05, 0.1) is 0 Å². The Labute approximate surface area is 103 Å². The molecule has 0 aromatic carbocycles. The van der Waals surface area contributed by atoms with Crippen molar-refractivity contribution < 1.29 is 9.59 Å². The van der Waals surface area contributed by atoms with Gasteiger partial charge < -0.3 is 14.9 Å². The summed E-state index contributed by atoms with van der Waals surface area (Å²) in [5.74, 6) is -0.0463. The molecule has 18 heavy (non-hydrogen) atoms. The largest absolute Gasteiger partial charge is 0.363 e. The van der Waals surface area contributed by atoms with Crippen LogP contribution in [0.2, 0.25) is 0 Å². The second-order valence-corrected chi connectivity index (χ2v) is 3.45. The van der Waals surface area contributed by atoms with Gasteiger partial charge in [0.2, 0.25) is 5.82 Å². The van der Waals surface area contributed by atoms with Gasteiger partial charge in [-0.3, -0.25) is 9.59 Å². The second-order valence-electron chi connectivity index (χ2n) is 3.45. The molecule has 2 heterocycles. The van der Waals surface area contributed by atoms with E-state index >= 15 is 0 Å². The molecular formula is C9H13N7O2. The number of carbonyl (C=O) groups is 2. The highest BCUT2D eigenvalue weighted by Crippen LogP contribution is 1.90. The number of Topliss-reactive ketones (excluding diaryl/α,β-unsaturated/α-hetero) is 1. The molecule has 0 unspecified atom stereocenters. The van der Waals surface area contributed by atoms with E-state index in [-0.39, 0.29) is 11.6 Å². The SMILES string of the molecule is CC(=O)c1nncn1C.Cn1cnnc1C(N)=O. The van der Waals surface area contributed by atoms with Gasteiger partial charge in [0.25, 0.3) is 5.91 Å². The van der Waals surface area contributed by atoms with Crippen LogP contribution in [0, 0.1) is 0 Å². The van der Waals surface area contributed by atoms with E-state index in [9.17, 15) is 9.59 Å². The van der Waals surface area contributed by atoms with Gasteiger partial charge in [-0.1, -0.05) is 0 Å². The molecule has 0 bridgehead atoms. The van der Waals surface area contributed by atoms with Gasteiger partial charge in [0.15, 0.2) is 11.6 Å². The fraction of sp³-hybridized carbons (Fsp3) is 0.333. The summed E-state index contributed by atoms with van der Waals surface area (Å²) in [4.78, 5) is 21.0. The molecule has 0 aliphatic rings. The Morgan fingerprint density at radius 3 is 1.67 bits per heavy atom. The molecule has 2 aromatic heterocycles. The van der Waals surface area contributed by atoms with E-state index in [0.29, 0.717) is 5.82 Å². The van der Waals surface area contributed by atoms with Crippen LogP contribution in [0.5, 0.6) is 0 Å². The van der Waals surface area contributed by atoms with E-state index in [2.05, 4.69) is 20.4 Å². The molecule has 0 radical (unpaired) electrons. The molecule has 2 aromatic rings. The Balaban J connectivity index is 0.000000180. The highest BCUT2D eigenvalue weighted by molar-refractivity contribution is 5.90. The minimum absolute atomic E-state index is 0.0602. The van der Waals surface area contributed by atoms with Crippen LogP contribution < -0.4 is 5.73 Å². The summed E-state index contributed by atoms with van der Waals surface area (Å²) in [6, 6.07) is 0. The van der Waals surface area contributed by atoms with E-state index < -0.39 is 5.91 Å². The van der Waals surface area contributed by atoms with Crippen LogP contribution in [-0.2, 0) is 14.1 Å². The van der Waals surface area contributed by atoms with Crippen LogP contribution in [0.4, 0.5) is 0 Å². The number of ketones is 1. The van der Waals surface area contributed by atoms with Crippen LogP contribution in [0.1, 0.15) is 28.2 Å². The Kier molecular flexibility index (Phi) is 4.24. The van der Waals surface area contributed by atoms with Crippen LogP contribution in [0.3, 0.4) is 0 Å². The lowest BCUT2D eigenvalue weighted by Gasteiger charge is -1.89. The monoisotopic (exact) mass is 251 g/mol. The first-order valence-corrected chi connectivity index (χ1v) is 4.92. The molecule has 1 amide bonds. The number of carbonyl (C=O) groups excluding carboxylic acids is 2. The topological polar surface area (TPSA) is 122 Å². The fourth-order valence-corrected chi connectivity index (χ4v) is 1.11. The van der Waals surface area contributed by atoms with Crippen LogP contribution in [0.15, 0.2) is 12.7 Å². The summed E-state index contributed by atoms with van der Waals surface area (Å²) in [5, 5.41) is 14.0. The lowest BCUT2D eigenvalue weighted by molar-refractivity contribution is 0.0983. The van der Waals surface area contributed by atoms with Crippen molar-refractivity contribution in [3.8, 4) is 0 Å². The number of aryl methyl sites for hydroxylation is 2. The minimum Gasteiger partial charge on any atom is -0.363 e. The second kappa shape index (κ2) is 5.66. The van der Waals surface area contributed by atoms with Crippen LogP contribution in [0.25, 0.3) is 0 Å². The van der Waals surface area contributed by atoms with E-state index in [4.69, 9.17) is 5.73 Å². The number of amides is 1. The molecule has 2 rings (SSSR count). The molecule has 0 atom stereocenters. The maximum atomic E-state index is 10.6. The van der Waals surface area contributed by atoms with Crippen molar-refractivity contribution in [2.24, 2.45) is 19.8 Å². The van der Waals surface area contributed by atoms with Crippen molar-refractivity contribution in [3.05, 3.63) is 24.3 Å². The Hall–Kier alpha value is -2.58. The van der Waals surface area contributed by atoms with Crippen molar-refractivity contribution in [1.82, 2.24) is 29.5 Å². The average molecular weight is 251 g/mol. The summed E-state index contributed by atoms with van der Waals surface area (Å²) >= 11 is 0. The summed E-state index contributed by atoms with van der Waals surface area (Å²) < 4.78 is 3.05. The highest BCUT2D eigenvalue weighted by atomic mass is 16.1. The van der Waals surface area contributed by atoms with E-state index in [1.165, 1.54) is 24.1 Å². The van der Waals surface area contributed by atoms with Gasteiger partial charge in [0, 0.05) is 21.0 Å². The quantitative estimate of drug-likeness (QED) is 0.678. The predicted octanol–water partition coefficient (Wildman–Crippen LogP) is -1.07. The molecule has 2 N–H and O–H groups in total. The van der Waals surface area contributed by atoms with Gasteiger partial charge in [-0.15, -0.1) is 20.4 Å². The molecule has 0 saturated heterocycles.